The number of hydrogen-bond donors (Lipinski definition) is 2. The van der Waals surface area contributed by atoms with Gasteiger partial charge < -0.3 is 15.5 Å². The summed E-state index contributed by atoms with van der Waals surface area (Å²) in [6.45, 7) is 10.2. The van der Waals surface area contributed by atoms with Gasteiger partial charge in [-0.3, -0.25) is 4.79 Å². The summed E-state index contributed by atoms with van der Waals surface area (Å²) < 4.78 is 1.61. The maximum absolute atomic E-state index is 13.1. The third-order valence-corrected chi connectivity index (χ3v) is 6.58. The van der Waals surface area contributed by atoms with Crippen molar-refractivity contribution < 1.29 is 9.59 Å². The van der Waals surface area contributed by atoms with Crippen LogP contribution in [0.3, 0.4) is 0 Å². The largest absolute Gasteiger partial charge is 0.322 e. The van der Waals surface area contributed by atoms with Gasteiger partial charge in [-0.05, 0) is 49.2 Å². The van der Waals surface area contributed by atoms with E-state index in [9.17, 15) is 9.59 Å². The quantitative estimate of drug-likeness (QED) is 0.323. The second-order valence-corrected chi connectivity index (χ2v) is 10.8. The number of nitrogens with zero attached hydrogens (tertiary/aromatic N) is 3. The van der Waals surface area contributed by atoms with Gasteiger partial charge in [0.25, 0.3) is 0 Å². The summed E-state index contributed by atoms with van der Waals surface area (Å²) >= 11 is 18.5. The molecule has 7 nitrogen and oxygen atoms in total. The number of anilines is 2. The van der Waals surface area contributed by atoms with E-state index >= 15 is 0 Å². The summed E-state index contributed by atoms with van der Waals surface area (Å²) in [6.07, 6.45) is 0.685. The van der Waals surface area contributed by atoms with Gasteiger partial charge in [0.2, 0.25) is 5.91 Å². The predicted molar refractivity (Wildman–Crippen MR) is 148 cm³/mol. The SMILES string of the molecule is CCCN(CC(=O)Nc1cc(C(C)(C)C)nn1-c1ccc(Cl)c(Cl)c1)C(=O)Nc1ccc(C)c(Cl)c1. The fourth-order valence-corrected chi connectivity index (χ4v) is 3.87. The average molecular weight is 551 g/mol. The molecule has 0 fully saturated rings. The zero-order chi connectivity index (χ0) is 26.6. The van der Waals surface area contributed by atoms with Crippen LogP contribution in [-0.2, 0) is 10.2 Å². The highest BCUT2D eigenvalue weighted by Gasteiger charge is 2.23. The lowest BCUT2D eigenvalue weighted by Crippen LogP contribution is -2.41. The zero-order valence-corrected chi connectivity index (χ0v) is 23.2. The van der Waals surface area contributed by atoms with E-state index in [-0.39, 0.29) is 23.9 Å². The number of carbonyl (C=O) groups excluding carboxylic acids is 2. The molecular weight excluding hydrogens is 521 g/mol. The first-order valence-corrected chi connectivity index (χ1v) is 12.7. The Morgan fingerprint density at radius 3 is 2.31 bits per heavy atom. The van der Waals surface area contributed by atoms with E-state index in [0.717, 1.165) is 11.3 Å². The van der Waals surface area contributed by atoms with Gasteiger partial charge in [0, 0.05) is 28.7 Å². The molecule has 0 radical (unpaired) electrons. The molecule has 0 atom stereocenters. The van der Waals surface area contributed by atoms with Crippen LogP contribution in [0, 0.1) is 6.92 Å². The number of aromatic nitrogens is 2. The Balaban J connectivity index is 1.81. The molecule has 0 saturated carbocycles. The van der Waals surface area contributed by atoms with E-state index in [4.69, 9.17) is 39.9 Å². The van der Waals surface area contributed by atoms with E-state index in [0.29, 0.717) is 45.2 Å². The van der Waals surface area contributed by atoms with Crippen molar-refractivity contribution in [2.45, 2.75) is 46.5 Å². The Morgan fingerprint density at radius 1 is 0.972 bits per heavy atom. The maximum atomic E-state index is 13.1. The van der Waals surface area contributed by atoms with Crippen LogP contribution in [0.4, 0.5) is 16.3 Å². The molecule has 10 heteroatoms. The molecule has 3 rings (SSSR count). The Labute approximate surface area is 226 Å². The van der Waals surface area contributed by atoms with Crippen molar-refractivity contribution in [2.75, 3.05) is 23.7 Å². The van der Waals surface area contributed by atoms with Gasteiger partial charge in [-0.2, -0.15) is 5.10 Å². The van der Waals surface area contributed by atoms with Crippen molar-refractivity contribution in [3.63, 3.8) is 0 Å². The van der Waals surface area contributed by atoms with Crippen LogP contribution in [0.1, 0.15) is 45.4 Å². The number of rotatable bonds is 7. The number of halogens is 3. The van der Waals surface area contributed by atoms with Crippen LogP contribution in [-0.4, -0.2) is 39.7 Å². The number of benzene rings is 2. The van der Waals surface area contributed by atoms with Crippen molar-refractivity contribution in [3.05, 3.63) is 68.8 Å². The minimum Gasteiger partial charge on any atom is -0.315 e. The van der Waals surface area contributed by atoms with Gasteiger partial charge in [0.15, 0.2) is 0 Å². The molecular formula is C26H30Cl3N5O2. The standard InChI is InChI=1S/C26H30Cl3N5O2/c1-6-11-33(25(36)30-17-8-7-16(2)20(28)12-17)15-24(35)31-23-14-22(26(3,4)5)32-34(23)18-9-10-19(27)21(29)13-18/h7-10,12-14H,6,11,15H2,1-5H3,(H,30,36)(H,31,35). The van der Waals surface area contributed by atoms with Gasteiger partial charge in [-0.1, -0.05) is 68.6 Å². The van der Waals surface area contributed by atoms with Crippen LogP contribution in [0.25, 0.3) is 5.69 Å². The molecule has 3 aromatic rings. The molecule has 36 heavy (non-hydrogen) atoms. The van der Waals surface area contributed by atoms with E-state index in [1.807, 2.05) is 46.8 Å². The Morgan fingerprint density at radius 2 is 1.69 bits per heavy atom. The lowest BCUT2D eigenvalue weighted by molar-refractivity contribution is -0.116. The van der Waals surface area contributed by atoms with Crippen LogP contribution in [0.5, 0.6) is 0 Å². The van der Waals surface area contributed by atoms with E-state index in [1.165, 1.54) is 4.90 Å². The number of carbonyl (C=O) groups is 2. The van der Waals surface area contributed by atoms with Crippen LogP contribution in [0.2, 0.25) is 15.1 Å². The van der Waals surface area contributed by atoms with Gasteiger partial charge in [-0.15, -0.1) is 0 Å². The van der Waals surface area contributed by atoms with Crippen molar-refractivity contribution in [1.29, 1.82) is 0 Å². The first-order valence-electron chi connectivity index (χ1n) is 11.6. The molecule has 2 aromatic carbocycles. The molecule has 0 spiro atoms. The molecule has 1 aromatic heterocycles. The smallest absolute Gasteiger partial charge is 0.315 e. The fraction of sp³-hybridized carbons (Fsp3) is 0.346. The Kier molecular flexibility index (Phi) is 8.93. The third-order valence-electron chi connectivity index (χ3n) is 5.43. The van der Waals surface area contributed by atoms with Crippen molar-refractivity contribution in [2.24, 2.45) is 0 Å². The Bertz CT molecular complexity index is 1270. The fourth-order valence-electron chi connectivity index (χ4n) is 3.40. The number of hydrogen-bond acceptors (Lipinski definition) is 3. The highest BCUT2D eigenvalue weighted by molar-refractivity contribution is 6.42. The lowest BCUT2D eigenvalue weighted by atomic mass is 9.92. The molecule has 0 bridgehead atoms. The maximum Gasteiger partial charge on any atom is 0.322 e. The Hall–Kier alpha value is -2.74. The number of urea groups is 1. The van der Waals surface area contributed by atoms with Crippen molar-refractivity contribution >= 4 is 58.2 Å². The molecule has 2 N–H and O–H groups in total. The van der Waals surface area contributed by atoms with Crippen molar-refractivity contribution in [1.82, 2.24) is 14.7 Å². The summed E-state index contributed by atoms with van der Waals surface area (Å²) in [7, 11) is 0. The molecule has 0 aliphatic carbocycles. The molecule has 0 unspecified atom stereocenters. The topological polar surface area (TPSA) is 79.3 Å². The van der Waals surface area contributed by atoms with Crippen LogP contribution in [0.15, 0.2) is 42.5 Å². The van der Waals surface area contributed by atoms with Gasteiger partial charge in [-0.25, -0.2) is 9.48 Å². The summed E-state index contributed by atoms with van der Waals surface area (Å²) in [6, 6.07) is 11.8. The molecule has 0 aliphatic heterocycles. The monoisotopic (exact) mass is 549 g/mol. The van der Waals surface area contributed by atoms with Crippen LogP contribution < -0.4 is 10.6 Å². The minimum absolute atomic E-state index is 0.142. The molecule has 3 amide bonds. The van der Waals surface area contributed by atoms with Crippen LogP contribution >= 0.6 is 34.8 Å². The molecule has 0 aliphatic rings. The summed E-state index contributed by atoms with van der Waals surface area (Å²) in [5.41, 5.74) is 2.64. The summed E-state index contributed by atoms with van der Waals surface area (Å²) in [5, 5.41) is 11.8. The first-order chi connectivity index (χ1) is 16.9. The van der Waals surface area contributed by atoms with Crippen molar-refractivity contribution in [3.8, 4) is 5.69 Å². The summed E-state index contributed by atoms with van der Waals surface area (Å²) in [5.74, 6) is 0.104. The highest BCUT2D eigenvalue weighted by atomic mass is 35.5. The molecule has 1 heterocycles. The number of amides is 3. The molecule has 192 valence electrons. The third kappa shape index (κ3) is 6.93. The average Bonchev–Trinajstić information content (AvgIpc) is 3.22. The summed E-state index contributed by atoms with van der Waals surface area (Å²) in [4.78, 5) is 27.5. The van der Waals surface area contributed by atoms with E-state index < -0.39 is 0 Å². The number of aryl methyl sites for hydroxylation is 1. The first kappa shape index (κ1) is 27.8. The highest BCUT2D eigenvalue weighted by Crippen LogP contribution is 2.29. The second-order valence-electron chi connectivity index (χ2n) is 9.54. The van der Waals surface area contributed by atoms with E-state index in [1.54, 1.807) is 35.0 Å². The van der Waals surface area contributed by atoms with Gasteiger partial charge in [0.1, 0.15) is 12.4 Å². The normalized spacial score (nSPS) is 11.3. The van der Waals surface area contributed by atoms with Gasteiger partial charge in [0.05, 0.1) is 21.4 Å². The number of nitrogens with one attached hydrogen (secondary N) is 2. The predicted octanol–water partition coefficient (Wildman–Crippen LogP) is 7.32. The second kappa shape index (κ2) is 11.5. The minimum atomic E-state index is -0.389. The molecule has 0 saturated heterocycles. The zero-order valence-electron chi connectivity index (χ0n) is 21.0. The van der Waals surface area contributed by atoms with E-state index in [2.05, 4.69) is 10.6 Å². The lowest BCUT2D eigenvalue weighted by Gasteiger charge is -2.22. The van der Waals surface area contributed by atoms with Gasteiger partial charge >= 0.3 is 6.03 Å².